The van der Waals surface area contributed by atoms with Crippen LogP contribution >= 0.6 is 0 Å². The van der Waals surface area contributed by atoms with Gasteiger partial charge in [-0.15, -0.1) is 0 Å². The molecule has 0 unspecified atom stereocenters. The van der Waals surface area contributed by atoms with E-state index in [0.29, 0.717) is 25.6 Å². The van der Waals surface area contributed by atoms with Crippen LogP contribution < -0.4 is 32.5 Å². The molecule has 0 atom stereocenters. The number of amides is 2. The molecule has 264 valence electrons. The number of hydrogen-bond acceptors (Lipinski definition) is 8. The Balaban J connectivity index is 0.000000507. The van der Waals surface area contributed by atoms with Gasteiger partial charge in [0.1, 0.15) is 0 Å². The quantitative estimate of drug-likeness (QED) is 0.0340. The molecule has 2 amide bonds. The summed E-state index contributed by atoms with van der Waals surface area (Å²) in [5.74, 6) is 3.37. The first-order chi connectivity index (χ1) is 20.9. The van der Waals surface area contributed by atoms with Crippen molar-refractivity contribution in [2.75, 3.05) is 13.2 Å². The van der Waals surface area contributed by atoms with E-state index >= 15 is 0 Å². The van der Waals surface area contributed by atoms with E-state index in [1.165, 1.54) is 57.8 Å². The molecule has 2 heterocycles. The van der Waals surface area contributed by atoms with Crippen LogP contribution in [0.2, 0.25) is 0 Å². The van der Waals surface area contributed by atoms with Crippen LogP contribution in [-0.4, -0.2) is 65.2 Å². The molecule has 0 spiro atoms. The lowest BCUT2D eigenvalue weighted by Crippen LogP contribution is -2.63. The van der Waals surface area contributed by atoms with E-state index in [9.17, 15) is 14.4 Å². The third-order valence-electron chi connectivity index (χ3n) is 8.58. The Morgan fingerprint density at radius 2 is 1.09 bits per heavy atom. The highest BCUT2D eigenvalue weighted by molar-refractivity contribution is 6.34. The number of unbranched alkanes of at least 4 members (excludes halogenated alkanes) is 9. The largest absolute Gasteiger partial charge is 0.466 e. The number of piperidine rings is 2. The van der Waals surface area contributed by atoms with Crippen LogP contribution in [0.25, 0.3) is 0 Å². The third-order valence-corrected chi connectivity index (χ3v) is 8.58. The van der Waals surface area contributed by atoms with Gasteiger partial charge in [0.15, 0.2) is 0 Å². The Kier molecular flexibility index (Phi) is 18.2. The molecule has 0 aliphatic carbocycles. The fourth-order valence-corrected chi connectivity index (χ4v) is 7.43. The molecular formula is C35H70N6O4. The first-order valence-electron chi connectivity index (χ1n) is 17.7. The monoisotopic (exact) mass is 639 g/mol. The molecular weight excluding hydrogens is 568 g/mol. The van der Waals surface area contributed by atoms with Crippen molar-refractivity contribution in [3.05, 3.63) is 0 Å². The lowest BCUT2D eigenvalue weighted by atomic mass is 9.79. The highest BCUT2D eigenvalue weighted by atomic mass is 16.5. The van der Waals surface area contributed by atoms with E-state index in [1.807, 2.05) is 5.43 Å². The van der Waals surface area contributed by atoms with Gasteiger partial charge < -0.3 is 26.0 Å². The van der Waals surface area contributed by atoms with Crippen molar-refractivity contribution in [3.8, 4) is 0 Å². The Morgan fingerprint density at radius 1 is 0.667 bits per heavy atom. The van der Waals surface area contributed by atoms with E-state index in [0.717, 1.165) is 32.1 Å². The van der Waals surface area contributed by atoms with Crippen LogP contribution in [0, 0.1) is 0 Å². The predicted molar refractivity (Wildman–Crippen MR) is 185 cm³/mol. The standard InChI is InChI=1S/C24H48N2O2.C11H22N4O2/c1-6-7-8-9-10-11-12-13-14-15-18-28-22(27)16-17-25-21-19-23(2,3)26-24(4,5)20-21;1-10(2)5-7(6-11(3,4)15-10)13-8(16)9(17)14-12/h21,25-26H,6-20H2,1-5H3;7,15H,5-6,12H2,1-4H3,(H,13,16)(H,14,17). The van der Waals surface area contributed by atoms with Gasteiger partial charge in [-0.05, 0) is 87.5 Å². The molecule has 2 saturated heterocycles. The number of hydrazine groups is 1. The maximum Gasteiger partial charge on any atom is 0.323 e. The predicted octanol–water partition coefficient (Wildman–Crippen LogP) is 5.14. The van der Waals surface area contributed by atoms with E-state index in [1.54, 1.807) is 0 Å². The Bertz CT molecular complexity index is 857. The van der Waals surface area contributed by atoms with Crippen LogP contribution in [0.15, 0.2) is 0 Å². The Labute approximate surface area is 275 Å². The fraction of sp³-hybridized carbons (Fsp3) is 0.914. The van der Waals surface area contributed by atoms with Crippen molar-refractivity contribution in [2.24, 2.45) is 5.84 Å². The number of esters is 1. The molecule has 0 aromatic heterocycles. The second-order valence-electron chi connectivity index (χ2n) is 16.0. The third kappa shape index (κ3) is 19.5. The minimum absolute atomic E-state index is 0.0222. The molecule has 2 aliphatic rings. The average Bonchev–Trinajstić information content (AvgIpc) is 2.88. The zero-order chi connectivity index (χ0) is 34.2. The average molecular weight is 639 g/mol. The number of hydrogen-bond donors (Lipinski definition) is 6. The number of rotatable bonds is 16. The smallest absolute Gasteiger partial charge is 0.323 e. The van der Waals surface area contributed by atoms with Crippen LogP contribution in [0.3, 0.4) is 0 Å². The number of carbonyl (C=O) groups is 3. The molecule has 2 rings (SSSR count). The minimum atomic E-state index is -0.806. The second kappa shape index (κ2) is 19.8. The number of carbonyl (C=O) groups excluding carboxylic acids is 3. The summed E-state index contributed by atoms with van der Waals surface area (Å²) in [7, 11) is 0. The zero-order valence-electron chi connectivity index (χ0n) is 30.4. The van der Waals surface area contributed by atoms with Crippen LogP contribution in [0.5, 0.6) is 0 Å². The molecule has 7 N–H and O–H groups in total. The molecule has 2 fully saturated rings. The van der Waals surface area contributed by atoms with E-state index in [-0.39, 0.29) is 34.2 Å². The van der Waals surface area contributed by atoms with Crippen molar-refractivity contribution in [2.45, 2.75) is 193 Å². The van der Waals surface area contributed by atoms with Gasteiger partial charge >= 0.3 is 17.8 Å². The van der Waals surface area contributed by atoms with Crippen molar-refractivity contribution in [1.29, 1.82) is 0 Å². The normalized spacial score (nSPS) is 20.4. The Hall–Kier alpha value is -1.75. The van der Waals surface area contributed by atoms with Gasteiger partial charge in [-0.3, -0.25) is 19.8 Å². The van der Waals surface area contributed by atoms with Crippen LogP contribution in [0.4, 0.5) is 0 Å². The lowest BCUT2D eigenvalue weighted by molar-refractivity contribution is -0.143. The summed E-state index contributed by atoms with van der Waals surface area (Å²) in [4.78, 5) is 34.4. The fourth-order valence-electron chi connectivity index (χ4n) is 7.43. The van der Waals surface area contributed by atoms with Crippen LogP contribution in [0.1, 0.15) is 159 Å². The number of ether oxygens (including phenoxy) is 1. The zero-order valence-corrected chi connectivity index (χ0v) is 30.4. The van der Waals surface area contributed by atoms with Gasteiger partial charge in [-0.2, -0.15) is 0 Å². The van der Waals surface area contributed by atoms with E-state index in [2.05, 4.69) is 83.6 Å². The first kappa shape index (κ1) is 41.3. The van der Waals surface area contributed by atoms with Crippen molar-refractivity contribution in [1.82, 2.24) is 26.7 Å². The summed E-state index contributed by atoms with van der Waals surface area (Å²) in [6.45, 7) is 20.9. The maximum absolute atomic E-state index is 11.9. The maximum atomic E-state index is 11.9. The minimum Gasteiger partial charge on any atom is -0.466 e. The van der Waals surface area contributed by atoms with Gasteiger partial charge in [0.2, 0.25) is 0 Å². The van der Waals surface area contributed by atoms with Gasteiger partial charge in [0, 0.05) is 40.8 Å². The topological polar surface area (TPSA) is 147 Å². The number of nitrogens with one attached hydrogen (secondary N) is 5. The summed E-state index contributed by atoms with van der Waals surface area (Å²) >= 11 is 0. The second-order valence-corrected chi connectivity index (χ2v) is 16.0. The molecule has 0 radical (unpaired) electrons. The molecule has 0 bridgehead atoms. The summed E-state index contributed by atoms with van der Waals surface area (Å²) in [6.07, 6.45) is 17.2. The molecule has 0 saturated carbocycles. The van der Waals surface area contributed by atoms with E-state index < -0.39 is 11.8 Å². The van der Waals surface area contributed by atoms with Crippen molar-refractivity contribution >= 4 is 17.8 Å². The summed E-state index contributed by atoms with van der Waals surface area (Å²) in [5.41, 5.74) is 1.96. The Morgan fingerprint density at radius 3 is 1.53 bits per heavy atom. The highest BCUT2D eigenvalue weighted by Crippen LogP contribution is 2.29. The summed E-state index contributed by atoms with van der Waals surface area (Å²) in [5, 5.41) is 13.5. The summed E-state index contributed by atoms with van der Waals surface area (Å²) < 4.78 is 5.39. The van der Waals surface area contributed by atoms with Gasteiger partial charge in [0.25, 0.3) is 0 Å². The van der Waals surface area contributed by atoms with Gasteiger partial charge in [-0.25, -0.2) is 5.84 Å². The molecule has 0 aromatic carbocycles. The molecule has 10 nitrogen and oxygen atoms in total. The molecule has 0 aromatic rings. The van der Waals surface area contributed by atoms with Crippen molar-refractivity contribution in [3.63, 3.8) is 0 Å². The lowest BCUT2D eigenvalue weighted by Gasteiger charge is -2.46. The molecule has 10 heteroatoms. The van der Waals surface area contributed by atoms with Gasteiger partial charge in [0.05, 0.1) is 13.0 Å². The highest BCUT2D eigenvalue weighted by Gasteiger charge is 2.39. The molecule has 45 heavy (non-hydrogen) atoms. The van der Waals surface area contributed by atoms with Crippen LogP contribution in [-0.2, 0) is 19.1 Å². The van der Waals surface area contributed by atoms with Gasteiger partial charge in [-0.1, -0.05) is 64.7 Å². The SMILES string of the molecule is CC1(C)CC(NC(=O)C(=O)NN)CC(C)(C)N1.CCCCCCCCCCCCOC(=O)CCNC1CC(C)(C)NC(C)(C)C1. The summed E-state index contributed by atoms with van der Waals surface area (Å²) in [6, 6.07) is 0.437. The first-order valence-corrected chi connectivity index (χ1v) is 17.7. The number of nitrogens with two attached hydrogens (primary N) is 1. The molecule has 2 aliphatic heterocycles. The van der Waals surface area contributed by atoms with E-state index in [4.69, 9.17) is 10.6 Å². The van der Waals surface area contributed by atoms with Crippen molar-refractivity contribution < 1.29 is 19.1 Å².